The normalized spacial score (nSPS) is 10.4. The Bertz CT molecular complexity index is 642. The van der Waals surface area contributed by atoms with Crippen LogP contribution in [0, 0.1) is 6.92 Å². The lowest BCUT2D eigenvalue weighted by molar-refractivity contribution is 0.0970. The Morgan fingerprint density at radius 1 is 1.26 bits per heavy atom. The first-order valence-electron chi connectivity index (χ1n) is 6.25. The van der Waals surface area contributed by atoms with Gasteiger partial charge in [0.2, 0.25) is 0 Å². The maximum atomic E-state index is 12.1. The van der Waals surface area contributed by atoms with E-state index >= 15 is 0 Å². The van der Waals surface area contributed by atoms with Crippen molar-refractivity contribution in [1.29, 1.82) is 0 Å². The van der Waals surface area contributed by atoms with E-state index < -0.39 is 5.69 Å². The quantitative estimate of drug-likeness (QED) is 0.786. The van der Waals surface area contributed by atoms with Crippen molar-refractivity contribution in [1.82, 2.24) is 9.55 Å². The highest BCUT2D eigenvalue weighted by atomic mass is 16.2. The third kappa shape index (κ3) is 3.16. The molecule has 0 aliphatic carbocycles. The molecule has 1 aromatic carbocycles. The van der Waals surface area contributed by atoms with E-state index in [9.17, 15) is 9.59 Å². The van der Waals surface area contributed by atoms with Crippen molar-refractivity contribution in [2.24, 2.45) is 0 Å². The summed E-state index contributed by atoms with van der Waals surface area (Å²) in [5, 5.41) is 0. The summed E-state index contributed by atoms with van der Waals surface area (Å²) in [5.74, 6) is -0.0860. The molecular formula is C15H16N2O2. The zero-order valence-corrected chi connectivity index (χ0v) is 11.1. The highest BCUT2D eigenvalue weighted by Gasteiger charge is 2.08. The number of carbonyl (C=O) groups excluding carboxylic acids is 1. The van der Waals surface area contributed by atoms with Gasteiger partial charge >= 0.3 is 5.69 Å². The maximum absolute atomic E-state index is 12.1. The Labute approximate surface area is 111 Å². The minimum Gasteiger partial charge on any atom is -0.292 e. The molecule has 0 fully saturated rings. The fraction of sp³-hybridized carbons (Fsp3) is 0.267. The molecule has 0 amide bonds. The Hall–Kier alpha value is -2.23. The average Bonchev–Trinajstić information content (AvgIpc) is 2.43. The van der Waals surface area contributed by atoms with Crippen LogP contribution in [0.1, 0.15) is 28.4 Å². The van der Waals surface area contributed by atoms with Gasteiger partial charge < -0.3 is 0 Å². The lowest BCUT2D eigenvalue weighted by atomic mass is 10.1. The van der Waals surface area contributed by atoms with Crippen LogP contribution in [0.25, 0.3) is 0 Å². The molecule has 2 aromatic rings. The summed E-state index contributed by atoms with van der Waals surface area (Å²) < 4.78 is 1.34. The smallest absolute Gasteiger partial charge is 0.292 e. The predicted octanol–water partition coefficient (Wildman–Crippen LogP) is 2.00. The Morgan fingerprint density at radius 3 is 2.58 bits per heavy atom. The summed E-state index contributed by atoms with van der Waals surface area (Å²) in [6.07, 6.45) is 4.09. The SMILES string of the molecule is CCc1ccc(C(=O)Cn2cc(C)cnc2=O)cc1. The number of ketones is 1. The molecule has 2 rings (SSSR count). The molecule has 0 N–H and O–H groups in total. The van der Waals surface area contributed by atoms with Crippen LogP contribution in [0.5, 0.6) is 0 Å². The van der Waals surface area contributed by atoms with Crippen molar-refractivity contribution in [2.75, 3.05) is 0 Å². The van der Waals surface area contributed by atoms with Crippen LogP contribution < -0.4 is 5.69 Å². The molecule has 98 valence electrons. The van der Waals surface area contributed by atoms with Gasteiger partial charge in [0.15, 0.2) is 5.78 Å². The molecule has 0 spiro atoms. The van der Waals surface area contributed by atoms with Crippen LogP contribution in [-0.2, 0) is 13.0 Å². The predicted molar refractivity (Wildman–Crippen MR) is 73.4 cm³/mol. The largest absolute Gasteiger partial charge is 0.347 e. The van der Waals surface area contributed by atoms with Gasteiger partial charge in [-0.25, -0.2) is 9.78 Å². The highest BCUT2D eigenvalue weighted by Crippen LogP contribution is 2.06. The molecule has 0 unspecified atom stereocenters. The second-order valence-corrected chi connectivity index (χ2v) is 4.52. The number of aromatic nitrogens is 2. The van der Waals surface area contributed by atoms with Crippen molar-refractivity contribution in [3.05, 3.63) is 63.8 Å². The lowest BCUT2D eigenvalue weighted by Crippen LogP contribution is -2.26. The molecule has 0 aliphatic heterocycles. The molecule has 0 saturated carbocycles. The van der Waals surface area contributed by atoms with Crippen LogP contribution >= 0.6 is 0 Å². The number of Topliss-reactive ketones (excluding diaryl/α,β-unsaturated/α-hetero) is 1. The molecule has 1 aromatic heterocycles. The molecule has 0 radical (unpaired) electrons. The molecule has 1 heterocycles. The fourth-order valence-corrected chi connectivity index (χ4v) is 1.85. The number of benzene rings is 1. The molecule has 4 heteroatoms. The molecule has 0 aliphatic rings. The Balaban J connectivity index is 2.20. The van der Waals surface area contributed by atoms with Crippen molar-refractivity contribution < 1.29 is 4.79 Å². The third-order valence-electron chi connectivity index (χ3n) is 2.98. The van der Waals surface area contributed by atoms with Gasteiger partial charge in [-0.2, -0.15) is 0 Å². The lowest BCUT2D eigenvalue weighted by Gasteiger charge is -2.05. The number of hydrogen-bond donors (Lipinski definition) is 0. The van der Waals surface area contributed by atoms with E-state index in [0.717, 1.165) is 12.0 Å². The van der Waals surface area contributed by atoms with E-state index in [0.29, 0.717) is 5.56 Å². The van der Waals surface area contributed by atoms with Crippen LogP contribution in [-0.4, -0.2) is 15.3 Å². The standard InChI is InChI=1S/C15H16N2O2/c1-3-12-4-6-13(7-5-12)14(18)10-17-9-11(2)8-16-15(17)19/h4-9H,3,10H2,1-2H3. The Kier molecular flexibility index (Phi) is 3.90. The van der Waals surface area contributed by atoms with Crippen molar-refractivity contribution in [2.45, 2.75) is 26.8 Å². The van der Waals surface area contributed by atoms with E-state index in [1.54, 1.807) is 18.3 Å². The summed E-state index contributed by atoms with van der Waals surface area (Å²) in [4.78, 5) is 27.3. The van der Waals surface area contributed by atoms with Gasteiger partial charge in [-0.05, 0) is 24.5 Å². The first-order chi connectivity index (χ1) is 9.10. The summed E-state index contributed by atoms with van der Waals surface area (Å²) in [6, 6.07) is 7.47. The Morgan fingerprint density at radius 2 is 1.95 bits per heavy atom. The summed E-state index contributed by atoms with van der Waals surface area (Å²) in [5.41, 5.74) is 2.26. The van der Waals surface area contributed by atoms with Gasteiger partial charge in [-0.3, -0.25) is 9.36 Å². The average molecular weight is 256 g/mol. The van der Waals surface area contributed by atoms with E-state index in [-0.39, 0.29) is 12.3 Å². The van der Waals surface area contributed by atoms with Gasteiger partial charge in [-0.1, -0.05) is 31.2 Å². The number of carbonyl (C=O) groups is 1. The fourth-order valence-electron chi connectivity index (χ4n) is 1.85. The van der Waals surface area contributed by atoms with Crippen LogP contribution in [0.2, 0.25) is 0 Å². The van der Waals surface area contributed by atoms with E-state index in [1.165, 1.54) is 16.3 Å². The summed E-state index contributed by atoms with van der Waals surface area (Å²) >= 11 is 0. The van der Waals surface area contributed by atoms with Gasteiger partial charge in [0.25, 0.3) is 0 Å². The minimum atomic E-state index is -0.399. The van der Waals surface area contributed by atoms with Crippen LogP contribution in [0.15, 0.2) is 41.5 Å². The summed E-state index contributed by atoms with van der Waals surface area (Å²) in [6.45, 7) is 3.93. The number of nitrogens with zero attached hydrogens (tertiary/aromatic N) is 2. The van der Waals surface area contributed by atoms with Gasteiger partial charge in [-0.15, -0.1) is 0 Å². The third-order valence-corrected chi connectivity index (χ3v) is 2.98. The number of hydrogen-bond acceptors (Lipinski definition) is 3. The van der Waals surface area contributed by atoms with E-state index in [1.807, 2.05) is 19.1 Å². The maximum Gasteiger partial charge on any atom is 0.347 e. The van der Waals surface area contributed by atoms with Crippen molar-refractivity contribution in [3.8, 4) is 0 Å². The molecule has 0 atom stereocenters. The highest BCUT2D eigenvalue weighted by molar-refractivity contribution is 5.95. The van der Waals surface area contributed by atoms with Crippen molar-refractivity contribution >= 4 is 5.78 Å². The number of aryl methyl sites for hydroxylation is 2. The molecular weight excluding hydrogens is 240 g/mol. The number of rotatable bonds is 4. The van der Waals surface area contributed by atoms with Crippen LogP contribution in [0.3, 0.4) is 0 Å². The zero-order valence-electron chi connectivity index (χ0n) is 11.1. The van der Waals surface area contributed by atoms with Crippen molar-refractivity contribution in [3.63, 3.8) is 0 Å². The molecule has 4 nitrogen and oxygen atoms in total. The van der Waals surface area contributed by atoms with E-state index in [4.69, 9.17) is 0 Å². The monoisotopic (exact) mass is 256 g/mol. The second kappa shape index (κ2) is 5.61. The van der Waals surface area contributed by atoms with Gasteiger partial charge in [0.05, 0.1) is 6.54 Å². The molecule has 19 heavy (non-hydrogen) atoms. The molecule has 0 bridgehead atoms. The first kappa shape index (κ1) is 13.2. The zero-order chi connectivity index (χ0) is 13.8. The molecule has 0 saturated heterocycles. The van der Waals surface area contributed by atoms with Crippen LogP contribution in [0.4, 0.5) is 0 Å². The topological polar surface area (TPSA) is 52.0 Å². The summed E-state index contributed by atoms with van der Waals surface area (Å²) in [7, 11) is 0. The minimum absolute atomic E-state index is 0.0268. The van der Waals surface area contributed by atoms with Gasteiger partial charge in [0.1, 0.15) is 0 Å². The van der Waals surface area contributed by atoms with Gasteiger partial charge in [0, 0.05) is 18.0 Å². The first-order valence-corrected chi connectivity index (χ1v) is 6.25. The second-order valence-electron chi connectivity index (χ2n) is 4.52. The van der Waals surface area contributed by atoms with E-state index in [2.05, 4.69) is 11.9 Å².